The normalized spacial score (nSPS) is 15.2. The molecule has 3 aromatic carbocycles. The molecule has 0 radical (unpaired) electrons. The van der Waals surface area contributed by atoms with Crippen molar-refractivity contribution in [1.29, 1.82) is 0 Å². The first-order chi connectivity index (χ1) is 30.7. The minimum atomic E-state index is -0.640. The lowest BCUT2D eigenvalue weighted by Crippen LogP contribution is -2.52. The van der Waals surface area contributed by atoms with E-state index in [1.807, 2.05) is 73.1 Å². The Morgan fingerprint density at radius 3 is 2.52 bits per heavy atom. The summed E-state index contributed by atoms with van der Waals surface area (Å²) in [5, 5.41) is 20.7. The molecule has 2 aliphatic heterocycles. The van der Waals surface area contributed by atoms with Crippen LogP contribution in [-0.4, -0.2) is 98.9 Å². The van der Waals surface area contributed by atoms with Crippen LogP contribution in [-0.2, 0) is 39.2 Å². The number of fused-ring (bicyclic) bond motifs is 1. The lowest BCUT2D eigenvalue weighted by molar-refractivity contribution is -0.136. The molecule has 2 aromatic heterocycles. The Kier molecular flexibility index (Phi) is 15.4. The number of unbranched alkanes of at least 4 members (excludes halogenated alkanes) is 3. The first-order valence-corrected chi connectivity index (χ1v) is 21.4. The van der Waals surface area contributed by atoms with Crippen molar-refractivity contribution in [2.45, 2.75) is 70.6 Å². The number of hydrogen-bond donors (Lipinski definition) is 4. The van der Waals surface area contributed by atoms with E-state index in [1.165, 1.54) is 6.33 Å². The van der Waals surface area contributed by atoms with E-state index in [-0.39, 0.29) is 30.2 Å². The molecule has 17 nitrogen and oxygen atoms in total. The predicted octanol–water partition coefficient (Wildman–Crippen LogP) is 5.22. The second-order valence-corrected chi connectivity index (χ2v) is 15.4. The molecular weight excluding hydrogens is 805 g/mol. The highest BCUT2D eigenvalue weighted by atomic mass is 16.5. The fourth-order valence-corrected chi connectivity index (χ4v) is 7.53. The van der Waals surface area contributed by atoms with Crippen molar-refractivity contribution in [3.05, 3.63) is 113 Å². The van der Waals surface area contributed by atoms with Crippen LogP contribution in [0.3, 0.4) is 0 Å². The molecule has 1 unspecified atom stereocenters. The number of aromatic nitrogens is 5. The first-order valence-electron chi connectivity index (χ1n) is 21.4. The largest absolute Gasteiger partial charge is 0.494 e. The van der Waals surface area contributed by atoms with Crippen molar-refractivity contribution in [2.24, 2.45) is 7.05 Å². The smallest absolute Gasteiger partial charge is 0.255 e. The lowest BCUT2D eigenvalue weighted by Gasteiger charge is -2.29. The van der Waals surface area contributed by atoms with Gasteiger partial charge in [-0.1, -0.05) is 30.7 Å². The standard InChI is InChI=1S/C46H54N10O7/c1-31(51-44(58)33-11-7-12-34(26-33)49-28-41-53-54-43(55(41)2)39-18-19-47-30-50-39)32-10-8-13-35(27-32)63-22-6-4-3-5-21-61-24-25-62-23-20-48-38-15-9-14-36-37(38)29-56(46(36)60)40-16-17-42(57)52-45(40)59/h7-15,18-19,26-27,30-31,40,48-49H,3-6,16-17,20-25,28-29H2,1-2H3,(H,51,58)(H,52,57,59)/t31-,40?/m1/s1. The van der Waals surface area contributed by atoms with Crippen LogP contribution < -0.4 is 26.0 Å². The minimum Gasteiger partial charge on any atom is -0.494 e. The Hall–Kier alpha value is -6.72. The molecule has 4 heterocycles. The van der Waals surface area contributed by atoms with Gasteiger partial charge in [-0.05, 0) is 86.7 Å². The summed E-state index contributed by atoms with van der Waals surface area (Å²) in [6.45, 7) is 5.98. The van der Waals surface area contributed by atoms with Crippen LogP contribution in [0.4, 0.5) is 11.4 Å². The summed E-state index contributed by atoms with van der Waals surface area (Å²) in [5.41, 5.74) is 5.23. The molecule has 1 fully saturated rings. The number of amides is 4. The third-order valence-electron chi connectivity index (χ3n) is 11.0. The summed E-state index contributed by atoms with van der Waals surface area (Å²) in [6.07, 6.45) is 7.63. The molecule has 0 bridgehead atoms. The molecule has 330 valence electrons. The SMILES string of the molecule is C[C@@H](NC(=O)c1cccc(NCc2nnc(-c3ccncn3)n2C)c1)c1cccc(OCCCCCCOCCOCCNc2cccc3c2CN(C2CCC(=O)NC2=O)C3=O)c1. The third-order valence-corrected chi connectivity index (χ3v) is 11.0. The van der Waals surface area contributed by atoms with E-state index in [1.54, 1.807) is 29.3 Å². The summed E-state index contributed by atoms with van der Waals surface area (Å²) in [7, 11) is 1.88. The van der Waals surface area contributed by atoms with Gasteiger partial charge in [-0.2, -0.15) is 0 Å². The van der Waals surface area contributed by atoms with Crippen LogP contribution in [0.25, 0.3) is 11.5 Å². The number of anilines is 2. The van der Waals surface area contributed by atoms with Crippen molar-refractivity contribution in [3.8, 4) is 17.3 Å². The van der Waals surface area contributed by atoms with Crippen molar-refractivity contribution in [2.75, 3.05) is 50.2 Å². The van der Waals surface area contributed by atoms with Gasteiger partial charge < -0.3 is 39.6 Å². The highest BCUT2D eigenvalue weighted by Crippen LogP contribution is 2.32. The zero-order chi connectivity index (χ0) is 44.0. The Balaban J connectivity index is 0.721. The van der Waals surface area contributed by atoms with Gasteiger partial charge >= 0.3 is 0 Å². The number of nitrogens with zero attached hydrogens (tertiary/aromatic N) is 6. The summed E-state index contributed by atoms with van der Waals surface area (Å²) < 4.78 is 19.4. The summed E-state index contributed by atoms with van der Waals surface area (Å²) >= 11 is 0. The average molecular weight is 859 g/mol. The van der Waals surface area contributed by atoms with Crippen molar-refractivity contribution in [1.82, 2.24) is 40.3 Å². The number of benzene rings is 3. The average Bonchev–Trinajstić information content (AvgIpc) is 3.84. The molecule has 1 saturated heterocycles. The quantitative estimate of drug-likeness (QED) is 0.0492. The summed E-state index contributed by atoms with van der Waals surface area (Å²) in [4.78, 5) is 60.0. The summed E-state index contributed by atoms with van der Waals surface area (Å²) in [5.74, 6) is 1.04. The molecule has 0 saturated carbocycles. The van der Waals surface area contributed by atoms with Gasteiger partial charge in [0.2, 0.25) is 11.8 Å². The van der Waals surface area contributed by atoms with E-state index in [0.29, 0.717) is 81.7 Å². The van der Waals surface area contributed by atoms with Crippen LogP contribution in [0.2, 0.25) is 0 Å². The number of imide groups is 1. The molecule has 5 aromatic rings. The molecule has 2 aliphatic rings. The van der Waals surface area contributed by atoms with Gasteiger partial charge in [-0.15, -0.1) is 10.2 Å². The summed E-state index contributed by atoms with van der Waals surface area (Å²) in [6, 6.07) is 21.6. The van der Waals surface area contributed by atoms with Gasteiger partial charge in [-0.3, -0.25) is 24.5 Å². The number of nitrogens with one attached hydrogen (secondary N) is 4. The highest BCUT2D eigenvalue weighted by molar-refractivity contribution is 6.06. The zero-order valence-corrected chi connectivity index (χ0v) is 35.7. The van der Waals surface area contributed by atoms with Gasteiger partial charge in [0.15, 0.2) is 11.6 Å². The number of carbonyl (C=O) groups excluding carboxylic acids is 4. The third kappa shape index (κ3) is 11.8. The topological polar surface area (TPSA) is 204 Å². The number of ether oxygens (including phenoxy) is 3. The molecule has 63 heavy (non-hydrogen) atoms. The van der Waals surface area contributed by atoms with Gasteiger partial charge in [0.25, 0.3) is 11.8 Å². The van der Waals surface area contributed by atoms with Crippen LogP contribution in [0.5, 0.6) is 5.75 Å². The molecule has 4 N–H and O–H groups in total. The van der Waals surface area contributed by atoms with E-state index in [9.17, 15) is 19.2 Å². The molecule has 0 spiro atoms. The maximum atomic E-state index is 13.3. The zero-order valence-electron chi connectivity index (χ0n) is 35.7. The molecule has 7 rings (SSSR count). The second-order valence-electron chi connectivity index (χ2n) is 15.4. The molecule has 4 amide bonds. The number of piperidine rings is 1. The molecular formula is C46H54N10O7. The molecule has 2 atom stereocenters. The van der Waals surface area contributed by atoms with E-state index >= 15 is 0 Å². The maximum absolute atomic E-state index is 13.3. The van der Waals surface area contributed by atoms with Gasteiger partial charge in [0.05, 0.1) is 39.0 Å². The number of carbonyl (C=O) groups is 4. The van der Waals surface area contributed by atoms with Gasteiger partial charge in [-0.25, -0.2) is 9.97 Å². The van der Waals surface area contributed by atoms with Gasteiger partial charge in [0, 0.05) is 67.4 Å². The minimum absolute atomic E-state index is 0.179. The van der Waals surface area contributed by atoms with Crippen molar-refractivity contribution < 1.29 is 33.4 Å². The highest BCUT2D eigenvalue weighted by Gasteiger charge is 2.39. The number of hydrogen-bond acceptors (Lipinski definition) is 13. The monoisotopic (exact) mass is 858 g/mol. The van der Waals surface area contributed by atoms with E-state index in [0.717, 1.165) is 59.8 Å². The Labute approximate surface area is 366 Å². The van der Waals surface area contributed by atoms with E-state index < -0.39 is 11.9 Å². The van der Waals surface area contributed by atoms with Crippen LogP contribution in [0.1, 0.15) is 89.2 Å². The van der Waals surface area contributed by atoms with Crippen LogP contribution in [0, 0.1) is 0 Å². The molecule has 0 aliphatic carbocycles. The lowest BCUT2D eigenvalue weighted by atomic mass is 10.0. The predicted molar refractivity (Wildman–Crippen MR) is 235 cm³/mol. The second kappa shape index (κ2) is 21.9. The Bertz CT molecular complexity index is 2360. The first kappa shape index (κ1) is 44.3. The van der Waals surface area contributed by atoms with Crippen molar-refractivity contribution >= 4 is 35.0 Å². The van der Waals surface area contributed by atoms with Crippen LogP contribution in [0.15, 0.2) is 85.3 Å². The van der Waals surface area contributed by atoms with Crippen LogP contribution >= 0.6 is 0 Å². The fourth-order valence-electron chi connectivity index (χ4n) is 7.53. The molecule has 17 heteroatoms. The Morgan fingerprint density at radius 2 is 1.70 bits per heavy atom. The Morgan fingerprint density at radius 1 is 0.889 bits per heavy atom. The fraction of sp³-hybridized carbons (Fsp3) is 0.391. The van der Waals surface area contributed by atoms with Gasteiger partial charge in [0.1, 0.15) is 23.8 Å². The number of rotatable bonds is 23. The van der Waals surface area contributed by atoms with E-state index in [4.69, 9.17) is 14.2 Å². The maximum Gasteiger partial charge on any atom is 0.255 e. The van der Waals surface area contributed by atoms with Crippen molar-refractivity contribution in [3.63, 3.8) is 0 Å². The van der Waals surface area contributed by atoms with E-state index in [2.05, 4.69) is 41.4 Å².